The molecule has 0 unspecified atom stereocenters. The molecule has 0 bridgehead atoms. The van der Waals surface area contributed by atoms with Gasteiger partial charge in [-0.05, 0) is 18.1 Å². The van der Waals surface area contributed by atoms with Gasteiger partial charge < -0.3 is 14.8 Å². The Morgan fingerprint density at radius 2 is 2.00 bits per heavy atom. The number of methoxy groups -OCH3 is 1. The molecule has 0 saturated carbocycles. The average Bonchev–Trinajstić information content (AvgIpc) is 2.50. The van der Waals surface area contributed by atoms with Crippen molar-refractivity contribution in [3.8, 4) is 5.75 Å². The third kappa shape index (κ3) is 5.27. The minimum atomic E-state index is -0.678. The van der Waals surface area contributed by atoms with Crippen molar-refractivity contribution in [2.75, 3.05) is 13.7 Å². The Labute approximate surface area is 129 Å². The molecule has 1 N–H and O–H groups in total. The van der Waals surface area contributed by atoms with E-state index in [1.807, 2.05) is 13.8 Å². The number of esters is 1. The molecule has 0 aliphatic carbocycles. The summed E-state index contributed by atoms with van der Waals surface area (Å²) in [6, 6.07) is 6.19. The zero-order chi connectivity index (χ0) is 15.8. The second-order valence-corrected chi connectivity index (χ2v) is 5.08. The topological polar surface area (TPSA) is 64.6 Å². The quantitative estimate of drug-likeness (QED) is 0.785. The van der Waals surface area contributed by atoms with Crippen LogP contribution in [0.2, 0.25) is 5.02 Å². The monoisotopic (exact) mass is 313 g/mol. The number of amides is 1. The van der Waals surface area contributed by atoms with E-state index in [0.29, 0.717) is 10.8 Å². The summed E-state index contributed by atoms with van der Waals surface area (Å²) < 4.78 is 10.0. The summed E-state index contributed by atoms with van der Waals surface area (Å²) in [7, 11) is 1.30. The van der Waals surface area contributed by atoms with E-state index in [9.17, 15) is 9.59 Å². The number of nitrogens with one attached hydrogen (secondary N) is 1. The van der Waals surface area contributed by atoms with Crippen LogP contribution in [0.5, 0.6) is 5.75 Å². The summed E-state index contributed by atoms with van der Waals surface area (Å²) >= 11 is 5.93. The molecule has 0 saturated heterocycles. The number of rotatable bonds is 7. The summed E-state index contributed by atoms with van der Waals surface area (Å²) in [6.45, 7) is 3.59. The molecule has 2 atom stereocenters. The number of benzene rings is 1. The number of ether oxygens (including phenoxy) is 2. The van der Waals surface area contributed by atoms with E-state index in [4.69, 9.17) is 21.1 Å². The molecule has 0 aliphatic rings. The number of halogens is 1. The van der Waals surface area contributed by atoms with Gasteiger partial charge >= 0.3 is 5.97 Å². The Balaban J connectivity index is 2.58. The van der Waals surface area contributed by atoms with E-state index in [2.05, 4.69) is 5.32 Å². The maximum Gasteiger partial charge on any atom is 0.328 e. The standard InChI is InChI=1S/C15H20ClNO4/c1-4-10(2)14(15(19)20-3)17-13(18)9-21-12-8-6-5-7-11(12)16/h5-8,10,14H,4,9H2,1-3H3,(H,17,18)/t10-,14-/m0/s1. The number of hydrogen-bond donors (Lipinski definition) is 1. The maximum absolute atomic E-state index is 11.9. The van der Waals surface area contributed by atoms with Crippen LogP contribution in [0.3, 0.4) is 0 Å². The third-order valence-electron chi connectivity index (χ3n) is 3.18. The smallest absolute Gasteiger partial charge is 0.328 e. The first-order chi connectivity index (χ1) is 9.99. The van der Waals surface area contributed by atoms with Crippen LogP contribution in [0, 0.1) is 5.92 Å². The van der Waals surface area contributed by atoms with Gasteiger partial charge in [0, 0.05) is 0 Å². The van der Waals surface area contributed by atoms with E-state index in [0.717, 1.165) is 6.42 Å². The lowest BCUT2D eigenvalue weighted by Gasteiger charge is -2.21. The fourth-order valence-corrected chi connectivity index (χ4v) is 1.91. The molecule has 1 amide bonds. The molecule has 5 nitrogen and oxygen atoms in total. The van der Waals surface area contributed by atoms with E-state index in [1.54, 1.807) is 24.3 Å². The molecule has 116 valence electrons. The Morgan fingerprint density at radius 3 is 2.57 bits per heavy atom. The molecule has 0 radical (unpaired) electrons. The molecule has 21 heavy (non-hydrogen) atoms. The molecular weight excluding hydrogens is 294 g/mol. The SMILES string of the molecule is CC[C@H](C)[C@H](NC(=O)COc1ccccc1Cl)C(=O)OC. The highest BCUT2D eigenvalue weighted by Gasteiger charge is 2.26. The summed E-state index contributed by atoms with van der Waals surface area (Å²) in [5.74, 6) is -0.463. The number of hydrogen-bond acceptors (Lipinski definition) is 4. The summed E-state index contributed by atoms with van der Waals surface area (Å²) in [6.07, 6.45) is 0.741. The van der Waals surface area contributed by atoms with Crippen LogP contribution in [-0.2, 0) is 14.3 Å². The lowest BCUT2D eigenvalue weighted by Crippen LogP contribution is -2.47. The number of carbonyl (C=O) groups excluding carboxylic acids is 2. The first-order valence-corrected chi connectivity index (χ1v) is 7.11. The van der Waals surface area contributed by atoms with Crippen molar-refractivity contribution in [2.24, 2.45) is 5.92 Å². The van der Waals surface area contributed by atoms with Crippen molar-refractivity contribution in [3.63, 3.8) is 0 Å². The van der Waals surface area contributed by atoms with Crippen molar-refractivity contribution in [3.05, 3.63) is 29.3 Å². The Kier molecular flexibility index (Phi) is 7.02. The van der Waals surface area contributed by atoms with Gasteiger partial charge in [-0.3, -0.25) is 4.79 Å². The molecule has 6 heteroatoms. The minimum Gasteiger partial charge on any atom is -0.482 e. The van der Waals surface area contributed by atoms with E-state index < -0.39 is 17.9 Å². The van der Waals surface area contributed by atoms with Crippen molar-refractivity contribution in [1.82, 2.24) is 5.32 Å². The van der Waals surface area contributed by atoms with Gasteiger partial charge in [-0.15, -0.1) is 0 Å². The second-order valence-electron chi connectivity index (χ2n) is 4.67. The van der Waals surface area contributed by atoms with Gasteiger partial charge in [0.05, 0.1) is 12.1 Å². The molecule has 0 aromatic heterocycles. The van der Waals surface area contributed by atoms with Crippen LogP contribution >= 0.6 is 11.6 Å². The molecule has 1 aromatic carbocycles. The van der Waals surface area contributed by atoms with E-state index in [-0.39, 0.29) is 12.5 Å². The van der Waals surface area contributed by atoms with E-state index in [1.165, 1.54) is 7.11 Å². The highest BCUT2D eigenvalue weighted by atomic mass is 35.5. The highest BCUT2D eigenvalue weighted by molar-refractivity contribution is 6.32. The fourth-order valence-electron chi connectivity index (χ4n) is 1.72. The van der Waals surface area contributed by atoms with E-state index >= 15 is 0 Å². The van der Waals surface area contributed by atoms with Crippen molar-refractivity contribution >= 4 is 23.5 Å². The number of para-hydroxylation sites is 1. The largest absolute Gasteiger partial charge is 0.482 e. The van der Waals surface area contributed by atoms with Gasteiger partial charge in [0.2, 0.25) is 0 Å². The van der Waals surface area contributed by atoms with Crippen LogP contribution in [0.1, 0.15) is 20.3 Å². The van der Waals surface area contributed by atoms with Gasteiger partial charge in [-0.25, -0.2) is 4.79 Å². The lowest BCUT2D eigenvalue weighted by atomic mass is 9.99. The zero-order valence-electron chi connectivity index (χ0n) is 12.4. The van der Waals surface area contributed by atoms with Crippen LogP contribution in [0.15, 0.2) is 24.3 Å². The molecule has 1 aromatic rings. The molecule has 0 fully saturated rings. The minimum absolute atomic E-state index is 0.0262. The summed E-state index contributed by atoms with van der Waals surface area (Å²) in [4.78, 5) is 23.6. The van der Waals surface area contributed by atoms with Gasteiger partial charge in [-0.2, -0.15) is 0 Å². The Bertz CT molecular complexity index is 492. The Hall–Kier alpha value is -1.75. The van der Waals surface area contributed by atoms with Crippen molar-refractivity contribution in [2.45, 2.75) is 26.3 Å². The summed E-state index contributed by atoms with van der Waals surface area (Å²) in [5.41, 5.74) is 0. The van der Waals surface area contributed by atoms with Crippen LogP contribution in [0.25, 0.3) is 0 Å². The molecule has 0 aliphatic heterocycles. The Morgan fingerprint density at radius 1 is 1.33 bits per heavy atom. The molecule has 1 rings (SSSR count). The summed E-state index contributed by atoms with van der Waals surface area (Å²) in [5, 5.41) is 3.05. The molecular formula is C15H20ClNO4. The third-order valence-corrected chi connectivity index (χ3v) is 3.49. The first kappa shape index (κ1) is 17.3. The van der Waals surface area contributed by atoms with Crippen molar-refractivity contribution < 1.29 is 19.1 Å². The predicted octanol–water partition coefficient (Wildman–Crippen LogP) is 2.42. The van der Waals surface area contributed by atoms with Crippen molar-refractivity contribution in [1.29, 1.82) is 0 Å². The van der Waals surface area contributed by atoms with Crippen LogP contribution < -0.4 is 10.1 Å². The predicted molar refractivity (Wildman–Crippen MR) is 80.3 cm³/mol. The van der Waals surface area contributed by atoms with Gasteiger partial charge in [0.25, 0.3) is 5.91 Å². The zero-order valence-corrected chi connectivity index (χ0v) is 13.1. The van der Waals surface area contributed by atoms with Gasteiger partial charge in [-0.1, -0.05) is 44.0 Å². The number of carbonyl (C=O) groups is 2. The van der Waals surface area contributed by atoms with Gasteiger partial charge in [0.15, 0.2) is 6.61 Å². The molecule has 0 spiro atoms. The first-order valence-electron chi connectivity index (χ1n) is 6.74. The fraction of sp³-hybridized carbons (Fsp3) is 0.467. The second kappa shape index (κ2) is 8.52. The molecule has 0 heterocycles. The maximum atomic E-state index is 11.9. The van der Waals surface area contributed by atoms with Crippen LogP contribution in [0.4, 0.5) is 0 Å². The highest BCUT2D eigenvalue weighted by Crippen LogP contribution is 2.22. The average molecular weight is 314 g/mol. The van der Waals surface area contributed by atoms with Gasteiger partial charge in [0.1, 0.15) is 11.8 Å². The normalized spacial score (nSPS) is 13.1. The van der Waals surface area contributed by atoms with Crippen LogP contribution in [-0.4, -0.2) is 31.6 Å². The lowest BCUT2D eigenvalue weighted by molar-refractivity contribution is -0.146.